The van der Waals surface area contributed by atoms with Crippen LogP contribution in [0.25, 0.3) is 10.9 Å². The third-order valence-electron chi connectivity index (χ3n) is 5.32. The Morgan fingerprint density at radius 2 is 1.88 bits per heavy atom. The Balaban J connectivity index is 1.58. The van der Waals surface area contributed by atoms with Gasteiger partial charge in [-0.25, -0.2) is 9.97 Å². The summed E-state index contributed by atoms with van der Waals surface area (Å²) in [6.07, 6.45) is 6.58. The SMILES string of the molecule is COc1cc2ncnc(N3CC4(CC(CSC)C4)C3)c2cc1OC. The smallest absolute Gasteiger partial charge is 0.162 e. The minimum Gasteiger partial charge on any atom is -0.493 e. The molecule has 0 bridgehead atoms. The van der Waals surface area contributed by atoms with Crippen molar-refractivity contribution in [2.45, 2.75) is 12.8 Å². The van der Waals surface area contributed by atoms with Crippen LogP contribution in [0.2, 0.25) is 0 Å². The van der Waals surface area contributed by atoms with E-state index >= 15 is 0 Å². The quantitative estimate of drug-likeness (QED) is 0.829. The number of hydrogen-bond acceptors (Lipinski definition) is 6. The largest absolute Gasteiger partial charge is 0.493 e. The van der Waals surface area contributed by atoms with Crippen molar-refractivity contribution in [1.82, 2.24) is 9.97 Å². The fourth-order valence-corrected chi connectivity index (χ4v) is 5.02. The van der Waals surface area contributed by atoms with Crippen LogP contribution in [0.15, 0.2) is 18.5 Å². The number of anilines is 1. The molecular formula is C18H23N3O2S. The van der Waals surface area contributed by atoms with E-state index in [2.05, 4.69) is 21.1 Å². The molecule has 1 saturated heterocycles. The van der Waals surface area contributed by atoms with Crippen LogP contribution in [0, 0.1) is 11.3 Å². The van der Waals surface area contributed by atoms with Gasteiger partial charge >= 0.3 is 0 Å². The molecule has 128 valence electrons. The highest BCUT2D eigenvalue weighted by Gasteiger charge is 2.52. The summed E-state index contributed by atoms with van der Waals surface area (Å²) in [5.41, 5.74) is 1.43. The van der Waals surface area contributed by atoms with Crippen LogP contribution in [0.3, 0.4) is 0 Å². The standard InChI is InChI=1S/C18H23N3O2S/c1-22-15-4-13-14(5-16(15)23-2)19-11-20-17(13)21-9-18(10-21)6-12(7-18)8-24-3/h4-5,11-12H,6-10H2,1-3H3. The van der Waals surface area contributed by atoms with Crippen molar-refractivity contribution in [2.24, 2.45) is 11.3 Å². The molecule has 1 aromatic carbocycles. The van der Waals surface area contributed by atoms with E-state index in [0.29, 0.717) is 11.2 Å². The van der Waals surface area contributed by atoms with Gasteiger partial charge in [0.25, 0.3) is 0 Å². The molecule has 0 unspecified atom stereocenters. The van der Waals surface area contributed by atoms with Crippen molar-refractivity contribution in [3.05, 3.63) is 18.5 Å². The van der Waals surface area contributed by atoms with Gasteiger partial charge in [0, 0.05) is 30.0 Å². The molecule has 1 spiro atoms. The summed E-state index contributed by atoms with van der Waals surface area (Å²) >= 11 is 1.97. The number of hydrogen-bond donors (Lipinski definition) is 0. The number of rotatable bonds is 5. The zero-order valence-corrected chi connectivity index (χ0v) is 15.2. The zero-order chi connectivity index (χ0) is 16.7. The predicted octanol–water partition coefficient (Wildman–Crippen LogP) is 3.23. The molecule has 24 heavy (non-hydrogen) atoms. The Kier molecular flexibility index (Phi) is 3.95. The van der Waals surface area contributed by atoms with Gasteiger partial charge < -0.3 is 14.4 Å². The summed E-state index contributed by atoms with van der Waals surface area (Å²) in [4.78, 5) is 11.3. The second kappa shape index (κ2) is 5.99. The highest BCUT2D eigenvalue weighted by atomic mass is 32.2. The Hall–Kier alpha value is -1.69. The number of fused-ring (bicyclic) bond motifs is 1. The molecule has 0 atom stereocenters. The summed E-state index contributed by atoms with van der Waals surface area (Å²) in [5, 5.41) is 1.03. The van der Waals surface area contributed by atoms with Gasteiger partial charge in [-0.3, -0.25) is 0 Å². The van der Waals surface area contributed by atoms with E-state index in [1.54, 1.807) is 20.5 Å². The number of methoxy groups -OCH3 is 2. The Bertz CT molecular complexity index is 753. The van der Waals surface area contributed by atoms with Crippen LogP contribution in [0.4, 0.5) is 5.82 Å². The molecule has 0 radical (unpaired) electrons. The van der Waals surface area contributed by atoms with E-state index in [1.807, 2.05) is 23.9 Å². The molecule has 1 aliphatic carbocycles. The minimum atomic E-state index is 0.536. The number of benzene rings is 1. The first-order valence-corrected chi connectivity index (χ1v) is 9.68. The molecule has 2 heterocycles. The lowest BCUT2D eigenvalue weighted by Crippen LogP contribution is -2.63. The third kappa shape index (κ3) is 2.48. The summed E-state index contributed by atoms with van der Waals surface area (Å²) < 4.78 is 10.8. The van der Waals surface area contributed by atoms with Crippen molar-refractivity contribution >= 4 is 28.5 Å². The van der Waals surface area contributed by atoms with E-state index in [1.165, 1.54) is 18.6 Å². The van der Waals surface area contributed by atoms with E-state index in [4.69, 9.17) is 9.47 Å². The number of ether oxygens (including phenoxy) is 2. The molecule has 1 aliphatic heterocycles. The number of aromatic nitrogens is 2. The maximum absolute atomic E-state index is 5.44. The van der Waals surface area contributed by atoms with E-state index < -0.39 is 0 Å². The van der Waals surface area contributed by atoms with Gasteiger partial charge in [0.05, 0.1) is 19.7 Å². The number of thioether (sulfide) groups is 1. The molecule has 2 aliphatic rings. The van der Waals surface area contributed by atoms with Gasteiger partial charge in [-0.1, -0.05) is 0 Å². The van der Waals surface area contributed by atoms with Crippen molar-refractivity contribution in [2.75, 3.05) is 44.2 Å². The molecule has 5 nitrogen and oxygen atoms in total. The van der Waals surface area contributed by atoms with Crippen LogP contribution in [-0.4, -0.2) is 49.3 Å². The molecule has 6 heteroatoms. The van der Waals surface area contributed by atoms with E-state index in [9.17, 15) is 0 Å². The predicted molar refractivity (Wildman–Crippen MR) is 98.4 cm³/mol. The molecule has 0 amide bonds. The van der Waals surface area contributed by atoms with Crippen LogP contribution in [0.5, 0.6) is 11.5 Å². The van der Waals surface area contributed by atoms with Crippen LogP contribution < -0.4 is 14.4 Å². The van der Waals surface area contributed by atoms with Crippen molar-refractivity contribution in [3.8, 4) is 11.5 Å². The fraction of sp³-hybridized carbons (Fsp3) is 0.556. The second-order valence-corrected chi connectivity index (χ2v) is 7.92. The normalized spacial score (nSPS) is 19.2. The monoisotopic (exact) mass is 345 g/mol. The molecule has 1 saturated carbocycles. The summed E-state index contributed by atoms with van der Waals surface area (Å²) in [6.45, 7) is 2.22. The van der Waals surface area contributed by atoms with E-state index in [0.717, 1.165) is 41.5 Å². The first kappa shape index (κ1) is 15.8. The lowest BCUT2D eigenvalue weighted by Gasteiger charge is -2.59. The molecule has 2 aromatic rings. The Morgan fingerprint density at radius 3 is 2.54 bits per heavy atom. The molecule has 0 N–H and O–H groups in total. The van der Waals surface area contributed by atoms with Crippen molar-refractivity contribution in [3.63, 3.8) is 0 Å². The average Bonchev–Trinajstić information content (AvgIpc) is 2.54. The van der Waals surface area contributed by atoms with Gasteiger partial charge in [-0.15, -0.1) is 0 Å². The Morgan fingerprint density at radius 1 is 1.17 bits per heavy atom. The lowest BCUT2D eigenvalue weighted by molar-refractivity contribution is 0.0358. The molecule has 4 rings (SSSR count). The van der Waals surface area contributed by atoms with Crippen LogP contribution in [-0.2, 0) is 0 Å². The Labute approximate surface area is 146 Å². The van der Waals surface area contributed by atoms with Crippen molar-refractivity contribution < 1.29 is 9.47 Å². The molecular weight excluding hydrogens is 322 g/mol. The van der Waals surface area contributed by atoms with Gasteiger partial charge in [0.2, 0.25) is 0 Å². The maximum atomic E-state index is 5.44. The van der Waals surface area contributed by atoms with Gasteiger partial charge in [-0.05, 0) is 36.8 Å². The van der Waals surface area contributed by atoms with Crippen LogP contribution >= 0.6 is 11.8 Å². The zero-order valence-electron chi connectivity index (χ0n) is 14.4. The molecule has 1 aromatic heterocycles. The highest BCUT2D eigenvalue weighted by Crippen LogP contribution is 2.54. The second-order valence-electron chi connectivity index (χ2n) is 7.01. The van der Waals surface area contributed by atoms with Gasteiger partial charge in [0.15, 0.2) is 11.5 Å². The summed E-state index contributed by atoms with van der Waals surface area (Å²) in [5.74, 6) is 4.65. The van der Waals surface area contributed by atoms with Crippen molar-refractivity contribution in [1.29, 1.82) is 0 Å². The van der Waals surface area contributed by atoms with Crippen LogP contribution in [0.1, 0.15) is 12.8 Å². The highest BCUT2D eigenvalue weighted by molar-refractivity contribution is 7.98. The third-order valence-corrected chi connectivity index (χ3v) is 6.12. The summed E-state index contributed by atoms with van der Waals surface area (Å²) in [7, 11) is 3.30. The first-order valence-electron chi connectivity index (χ1n) is 8.29. The molecule has 2 fully saturated rings. The van der Waals surface area contributed by atoms with Gasteiger partial charge in [0.1, 0.15) is 12.1 Å². The fourth-order valence-electron chi connectivity index (χ4n) is 4.31. The lowest BCUT2D eigenvalue weighted by atomic mass is 9.58. The number of nitrogens with zero attached hydrogens (tertiary/aromatic N) is 3. The summed E-state index contributed by atoms with van der Waals surface area (Å²) in [6, 6.07) is 3.92. The first-order chi connectivity index (χ1) is 11.7. The van der Waals surface area contributed by atoms with Gasteiger partial charge in [-0.2, -0.15) is 11.8 Å². The minimum absolute atomic E-state index is 0.536. The maximum Gasteiger partial charge on any atom is 0.162 e. The average molecular weight is 345 g/mol. The van der Waals surface area contributed by atoms with E-state index in [-0.39, 0.29) is 0 Å². The topological polar surface area (TPSA) is 47.5 Å².